The molecule has 0 bridgehead atoms. The standard InChI is InChI=1S/C22H23NOS/c1-25-22-13-9-20(10-14-22)19-7-11-21(12-8-19)24-16-3-2-5-18-6-4-15-23-17-18/h4,6-15,17H,2-3,5,16H2,1H3. The quantitative estimate of drug-likeness (QED) is 0.375. The topological polar surface area (TPSA) is 22.1 Å². The molecule has 0 aliphatic rings. The summed E-state index contributed by atoms with van der Waals surface area (Å²) >= 11 is 1.76. The van der Waals surface area contributed by atoms with Crippen molar-refractivity contribution in [1.29, 1.82) is 0 Å². The van der Waals surface area contributed by atoms with Gasteiger partial charge < -0.3 is 4.74 Å². The van der Waals surface area contributed by atoms with Gasteiger partial charge in [-0.2, -0.15) is 0 Å². The second kappa shape index (κ2) is 9.28. The van der Waals surface area contributed by atoms with Gasteiger partial charge in [-0.15, -0.1) is 11.8 Å². The lowest BCUT2D eigenvalue weighted by atomic mass is 10.1. The predicted octanol–water partition coefficient (Wildman–Crippen LogP) is 5.87. The van der Waals surface area contributed by atoms with Crippen LogP contribution in [0, 0.1) is 0 Å². The number of hydrogen-bond donors (Lipinski definition) is 0. The summed E-state index contributed by atoms with van der Waals surface area (Å²) in [5.74, 6) is 0.936. The van der Waals surface area contributed by atoms with Crippen LogP contribution in [0.5, 0.6) is 5.75 Å². The molecule has 0 N–H and O–H groups in total. The average molecular weight is 349 g/mol. The molecule has 3 aromatic rings. The zero-order valence-electron chi connectivity index (χ0n) is 14.5. The van der Waals surface area contributed by atoms with Crippen LogP contribution in [0.2, 0.25) is 0 Å². The molecule has 0 atom stereocenters. The Balaban J connectivity index is 1.44. The third-order valence-electron chi connectivity index (χ3n) is 4.13. The lowest BCUT2D eigenvalue weighted by molar-refractivity contribution is 0.307. The van der Waals surface area contributed by atoms with Gasteiger partial charge in [-0.05, 0) is 72.5 Å². The number of thioether (sulfide) groups is 1. The van der Waals surface area contributed by atoms with E-state index < -0.39 is 0 Å². The van der Waals surface area contributed by atoms with Gasteiger partial charge in [0.25, 0.3) is 0 Å². The van der Waals surface area contributed by atoms with E-state index in [0.29, 0.717) is 0 Å². The summed E-state index contributed by atoms with van der Waals surface area (Å²) in [4.78, 5) is 5.43. The van der Waals surface area contributed by atoms with Crippen molar-refractivity contribution in [1.82, 2.24) is 4.98 Å². The zero-order chi connectivity index (χ0) is 17.3. The Hall–Kier alpha value is -2.26. The van der Waals surface area contributed by atoms with Crippen LogP contribution in [0.25, 0.3) is 11.1 Å². The number of ether oxygens (including phenoxy) is 1. The van der Waals surface area contributed by atoms with E-state index in [1.807, 2.05) is 18.5 Å². The van der Waals surface area contributed by atoms with Crippen LogP contribution in [0.15, 0.2) is 78.0 Å². The van der Waals surface area contributed by atoms with Gasteiger partial charge in [0, 0.05) is 17.3 Å². The van der Waals surface area contributed by atoms with Crippen LogP contribution in [-0.4, -0.2) is 17.8 Å². The molecular weight excluding hydrogens is 326 g/mol. The van der Waals surface area contributed by atoms with E-state index in [1.54, 1.807) is 11.8 Å². The molecule has 3 rings (SSSR count). The molecule has 3 heteroatoms. The number of aryl methyl sites for hydroxylation is 1. The van der Waals surface area contributed by atoms with Crippen LogP contribution in [0.1, 0.15) is 18.4 Å². The number of rotatable bonds is 8. The third-order valence-corrected chi connectivity index (χ3v) is 4.87. The van der Waals surface area contributed by atoms with Crippen molar-refractivity contribution >= 4 is 11.8 Å². The molecule has 0 aliphatic carbocycles. The van der Waals surface area contributed by atoms with Crippen LogP contribution >= 0.6 is 11.8 Å². The molecule has 25 heavy (non-hydrogen) atoms. The molecule has 128 valence electrons. The monoisotopic (exact) mass is 349 g/mol. The van der Waals surface area contributed by atoms with Gasteiger partial charge in [0.15, 0.2) is 0 Å². The second-order valence-corrected chi connectivity index (χ2v) is 6.80. The van der Waals surface area contributed by atoms with Crippen molar-refractivity contribution in [2.45, 2.75) is 24.2 Å². The number of nitrogens with zero attached hydrogens (tertiary/aromatic N) is 1. The molecule has 0 saturated heterocycles. The van der Waals surface area contributed by atoms with Gasteiger partial charge in [-0.25, -0.2) is 0 Å². The second-order valence-electron chi connectivity index (χ2n) is 5.92. The highest BCUT2D eigenvalue weighted by molar-refractivity contribution is 7.98. The Morgan fingerprint density at radius 2 is 1.60 bits per heavy atom. The molecule has 0 saturated carbocycles. The fourth-order valence-electron chi connectivity index (χ4n) is 2.69. The SMILES string of the molecule is CSc1ccc(-c2ccc(OCCCCc3cccnc3)cc2)cc1. The molecule has 1 aromatic heterocycles. The van der Waals surface area contributed by atoms with E-state index >= 15 is 0 Å². The highest BCUT2D eigenvalue weighted by Crippen LogP contribution is 2.25. The van der Waals surface area contributed by atoms with E-state index in [9.17, 15) is 0 Å². The minimum atomic E-state index is 0.752. The van der Waals surface area contributed by atoms with Gasteiger partial charge in [-0.3, -0.25) is 4.98 Å². The highest BCUT2D eigenvalue weighted by atomic mass is 32.2. The highest BCUT2D eigenvalue weighted by Gasteiger charge is 2.00. The van der Waals surface area contributed by atoms with Crippen LogP contribution in [-0.2, 0) is 6.42 Å². The normalized spacial score (nSPS) is 10.6. The van der Waals surface area contributed by atoms with E-state index in [4.69, 9.17) is 4.74 Å². The Bertz CT molecular complexity index is 754. The smallest absolute Gasteiger partial charge is 0.119 e. The maximum Gasteiger partial charge on any atom is 0.119 e. The molecule has 0 radical (unpaired) electrons. The number of aromatic nitrogens is 1. The van der Waals surface area contributed by atoms with Crippen molar-refractivity contribution < 1.29 is 4.74 Å². The Morgan fingerprint density at radius 3 is 2.24 bits per heavy atom. The first-order valence-corrected chi connectivity index (χ1v) is 9.84. The largest absolute Gasteiger partial charge is 0.494 e. The molecule has 1 heterocycles. The van der Waals surface area contributed by atoms with Crippen molar-refractivity contribution in [3.8, 4) is 16.9 Å². The first kappa shape index (κ1) is 17.6. The molecule has 0 amide bonds. The van der Waals surface area contributed by atoms with Crippen molar-refractivity contribution in [2.24, 2.45) is 0 Å². The summed E-state index contributed by atoms with van der Waals surface area (Å²) in [6, 6.07) is 21.1. The summed E-state index contributed by atoms with van der Waals surface area (Å²) in [7, 11) is 0. The van der Waals surface area contributed by atoms with Crippen molar-refractivity contribution in [3.63, 3.8) is 0 Å². The van der Waals surface area contributed by atoms with E-state index in [1.165, 1.54) is 21.6 Å². The van der Waals surface area contributed by atoms with Gasteiger partial charge in [0.1, 0.15) is 5.75 Å². The van der Waals surface area contributed by atoms with Crippen molar-refractivity contribution in [3.05, 3.63) is 78.6 Å². The molecule has 0 spiro atoms. The minimum Gasteiger partial charge on any atom is -0.494 e. The lowest BCUT2D eigenvalue weighted by Gasteiger charge is -2.08. The number of hydrogen-bond acceptors (Lipinski definition) is 3. The number of benzene rings is 2. The van der Waals surface area contributed by atoms with E-state index in [2.05, 4.69) is 65.8 Å². The predicted molar refractivity (Wildman–Crippen MR) is 106 cm³/mol. The molecular formula is C22H23NOS. The summed E-state index contributed by atoms with van der Waals surface area (Å²) in [6.45, 7) is 0.752. The van der Waals surface area contributed by atoms with Crippen molar-refractivity contribution in [2.75, 3.05) is 12.9 Å². The van der Waals surface area contributed by atoms with Gasteiger partial charge in [0.05, 0.1) is 6.61 Å². The minimum absolute atomic E-state index is 0.752. The fourth-order valence-corrected chi connectivity index (χ4v) is 3.10. The third kappa shape index (κ3) is 5.36. The summed E-state index contributed by atoms with van der Waals surface area (Å²) in [6.07, 6.45) is 9.07. The average Bonchev–Trinajstić information content (AvgIpc) is 2.69. The van der Waals surface area contributed by atoms with E-state index in [0.717, 1.165) is 31.6 Å². The van der Waals surface area contributed by atoms with Crippen LogP contribution in [0.4, 0.5) is 0 Å². The Kier molecular flexibility index (Phi) is 6.52. The fraction of sp³-hybridized carbons (Fsp3) is 0.227. The van der Waals surface area contributed by atoms with E-state index in [-0.39, 0.29) is 0 Å². The maximum atomic E-state index is 5.85. The molecule has 2 nitrogen and oxygen atoms in total. The Morgan fingerprint density at radius 1 is 0.880 bits per heavy atom. The maximum absolute atomic E-state index is 5.85. The molecule has 0 unspecified atom stereocenters. The molecule has 2 aromatic carbocycles. The summed E-state index contributed by atoms with van der Waals surface area (Å²) < 4.78 is 5.85. The Labute approximate surface area is 154 Å². The number of pyridine rings is 1. The summed E-state index contributed by atoms with van der Waals surface area (Å²) in [5, 5.41) is 0. The first-order chi connectivity index (χ1) is 12.3. The lowest BCUT2D eigenvalue weighted by Crippen LogP contribution is -1.98. The first-order valence-electron chi connectivity index (χ1n) is 8.61. The zero-order valence-corrected chi connectivity index (χ0v) is 15.3. The van der Waals surface area contributed by atoms with Gasteiger partial charge in [0.2, 0.25) is 0 Å². The number of unbranched alkanes of at least 4 members (excludes halogenated alkanes) is 1. The van der Waals surface area contributed by atoms with Gasteiger partial charge in [-0.1, -0.05) is 30.3 Å². The van der Waals surface area contributed by atoms with Crippen LogP contribution in [0.3, 0.4) is 0 Å². The molecule has 0 aliphatic heterocycles. The van der Waals surface area contributed by atoms with Crippen LogP contribution < -0.4 is 4.74 Å². The summed E-state index contributed by atoms with van der Waals surface area (Å²) in [5.41, 5.74) is 3.75. The molecule has 0 fully saturated rings. The van der Waals surface area contributed by atoms with Gasteiger partial charge >= 0.3 is 0 Å².